The SMILES string of the molecule is Cc1[nH]nc2cc(Nc3nc(N4CCc5nc[nH]c5C4)c4occc4n3)ccc12.Cc1ccc(S(=O)(=O)n2cnc3c2CN(c2nc(Nc4ccc5c(C)nn(C(=O)OC(C)(C)C)c5c4)nc4ccoc24)CC3)cc1. The Hall–Kier alpha value is -9.12. The van der Waals surface area contributed by atoms with Gasteiger partial charge in [0.15, 0.2) is 22.8 Å². The van der Waals surface area contributed by atoms with Crippen molar-refractivity contribution in [3.8, 4) is 0 Å². The second-order valence-corrected chi connectivity index (χ2v) is 21.3. The molecule has 11 aromatic rings. The molecule has 0 atom stereocenters. The van der Waals surface area contributed by atoms with Crippen molar-refractivity contribution in [2.24, 2.45) is 0 Å². The Morgan fingerprint density at radius 1 is 0.733 bits per heavy atom. The molecule has 0 fully saturated rings. The van der Waals surface area contributed by atoms with Gasteiger partial charge in [-0.3, -0.25) is 5.10 Å². The van der Waals surface area contributed by atoms with Crippen LogP contribution in [0.25, 0.3) is 44.0 Å². The molecular formula is C52H50N16O6S. The van der Waals surface area contributed by atoms with Crippen molar-refractivity contribution in [3.05, 3.63) is 138 Å². The summed E-state index contributed by atoms with van der Waals surface area (Å²) in [6, 6.07) is 21.9. The fraction of sp³-hybridized carbons (Fsp3) is 0.250. The second-order valence-electron chi connectivity index (χ2n) is 19.5. The third-order valence-corrected chi connectivity index (χ3v) is 14.8. The lowest BCUT2D eigenvalue weighted by Gasteiger charge is -2.28. The molecule has 0 spiro atoms. The summed E-state index contributed by atoms with van der Waals surface area (Å²) >= 11 is 0. The van der Waals surface area contributed by atoms with Crippen LogP contribution in [-0.4, -0.2) is 92.0 Å². The van der Waals surface area contributed by atoms with E-state index in [1.54, 1.807) is 76.0 Å². The van der Waals surface area contributed by atoms with Crippen molar-refractivity contribution < 1.29 is 26.8 Å². The van der Waals surface area contributed by atoms with Gasteiger partial charge in [-0.15, -0.1) is 0 Å². The zero-order chi connectivity index (χ0) is 51.8. The van der Waals surface area contributed by atoms with Crippen LogP contribution in [0.15, 0.2) is 112 Å². The first-order chi connectivity index (χ1) is 36.1. The van der Waals surface area contributed by atoms with Gasteiger partial charge in [-0.25, -0.2) is 37.1 Å². The number of hydrogen-bond acceptors (Lipinski definition) is 18. The zero-order valence-electron chi connectivity index (χ0n) is 41.7. The van der Waals surface area contributed by atoms with E-state index in [0.29, 0.717) is 76.5 Å². The van der Waals surface area contributed by atoms with Gasteiger partial charge in [0.25, 0.3) is 10.0 Å². The van der Waals surface area contributed by atoms with Crippen molar-refractivity contribution in [2.75, 3.05) is 33.5 Å². The number of aromatic nitrogens is 12. The molecule has 380 valence electrons. The molecule has 0 saturated heterocycles. The highest BCUT2D eigenvalue weighted by atomic mass is 32.2. The quantitative estimate of drug-likeness (QED) is 0.110. The van der Waals surface area contributed by atoms with E-state index in [1.165, 1.54) is 15.0 Å². The van der Waals surface area contributed by atoms with Crippen molar-refractivity contribution in [1.29, 1.82) is 0 Å². The molecule has 2 aliphatic heterocycles. The smallest absolute Gasteiger partial charge is 0.435 e. The molecule has 0 aliphatic carbocycles. The van der Waals surface area contributed by atoms with Gasteiger partial charge < -0.3 is 39.0 Å². The van der Waals surface area contributed by atoms with E-state index in [-0.39, 0.29) is 11.4 Å². The number of nitrogens with zero attached hydrogens (tertiary/aromatic N) is 12. The van der Waals surface area contributed by atoms with Crippen LogP contribution in [0.4, 0.5) is 39.7 Å². The Morgan fingerprint density at radius 2 is 1.37 bits per heavy atom. The highest BCUT2D eigenvalue weighted by Gasteiger charge is 2.31. The number of furan rings is 2. The Bertz CT molecular complexity index is 4100. The lowest BCUT2D eigenvalue weighted by molar-refractivity contribution is 0.0522. The summed E-state index contributed by atoms with van der Waals surface area (Å²) in [7, 11) is -3.86. The minimum absolute atomic E-state index is 0.192. The van der Waals surface area contributed by atoms with Crippen LogP contribution in [0.3, 0.4) is 0 Å². The molecule has 22 nitrogen and oxygen atoms in total. The molecular weight excluding hydrogens is 977 g/mol. The molecule has 75 heavy (non-hydrogen) atoms. The second kappa shape index (κ2) is 18.1. The average molecular weight is 1030 g/mol. The zero-order valence-corrected chi connectivity index (χ0v) is 42.5. The van der Waals surface area contributed by atoms with Gasteiger partial charge in [-0.05, 0) is 90.1 Å². The number of ether oxygens (including phenoxy) is 1. The third-order valence-electron chi connectivity index (χ3n) is 13.1. The van der Waals surface area contributed by atoms with Crippen LogP contribution in [0, 0.1) is 20.8 Å². The number of nitrogens with one attached hydrogen (secondary N) is 4. The van der Waals surface area contributed by atoms with Crippen molar-refractivity contribution in [3.63, 3.8) is 0 Å². The standard InChI is InChI=1S/C32H32N8O5S.C20H18N8O/c1-19-6-9-22(10-7-19)46(42,43)39-18-33-24-12-14-38(17-27(24)39)29-28-25(13-15-44-28)35-30(36-29)34-21-8-11-23-20(2)37-40(26(23)16-21)31(41)45-32(3,4)5;1-11-13-3-2-12(8-16(13)27-26-11)23-20-24-15-5-7-29-18(15)19(25-20)28-6-4-14-17(9-28)22-10-21-14/h6-11,13,15-16,18H,12,14,17H2,1-5H3,(H,34,35,36);2-3,5,7-8,10H,4,6,9H2,1H3,(H,21,22)(H,26,27)(H,23,24,25). The predicted octanol–water partition coefficient (Wildman–Crippen LogP) is 9.15. The minimum Gasteiger partial charge on any atom is -0.459 e. The molecule has 0 radical (unpaired) electrons. The molecule has 10 heterocycles. The number of anilines is 6. The van der Waals surface area contributed by atoms with Crippen LogP contribution < -0.4 is 20.4 Å². The maximum atomic E-state index is 13.6. The largest absolute Gasteiger partial charge is 0.459 e. The lowest BCUT2D eigenvalue weighted by Crippen LogP contribution is -2.33. The van der Waals surface area contributed by atoms with E-state index >= 15 is 0 Å². The van der Waals surface area contributed by atoms with Crippen LogP contribution in [0.1, 0.15) is 60.5 Å². The van der Waals surface area contributed by atoms with E-state index in [1.807, 2.05) is 62.1 Å². The van der Waals surface area contributed by atoms with Gasteiger partial charge in [0.2, 0.25) is 11.9 Å². The summed E-state index contributed by atoms with van der Waals surface area (Å²) in [4.78, 5) is 48.2. The number of rotatable bonds is 8. The molecule has 0 bridgehead atoms. The number of aryl methyl sites for hydroxylation is 3. The molecule has 0 saturated carbocycles. The van der Waals surface area contributed by atoms with Gasteiger partial charge >= 0.3 is 6.09 Å². The van der Waals surface area contributed by atoms with E-state index in [0.717, 1.165) is 74.6 Å². The van der Waals surface area contributed by atoms with Gasteiger partial charge in [-0.1, -0.05) is 17.7 Å². The molecule has 4 N–H and O–H groups in total. The molecule has 23 heteroatoms. The van der Waals surface area contributed by atoms with Crippen molar-refractivity contribution >= 4 is 95.0 Å². The topological polar surface area (TPSA) is 262 Å². The molecule has 2 aliphatic rings. The average Bonchev–Trinajstić information content (AvgIpc) is 4.27. The maximum absolute atomic E-state index is 13.6. The number of hydrogen-bond donors (Lipinski definition) is 4. The fourth-order valence-electron chi connectivity index (χ4n) is 9.38. The van der Waals surface area contributed by atoms with E-state index in [4.69, 9.17) is 23.5 Å². The molecule has 0 unspecified atom stereocenters. The molecule has 0 amide bonds. The van der Waals surface area contributed by atoms with Crippen molar-refractivity contribution in [2.45, 2.75) is 78.0 Å². The molecule has 8 aromatic heterocycles. The Morgan fingerprint density at radius 3 is 2.05 bits per heavy atom. The molecule has 3 aromatic carbocycles. The summed E-state index contributed by atoms with van der Waals surface area (Å²) in [6.45, 7) is 13.5. The first kappa shape index (κ1) is 46.9. The van der Waals surface area contributed by atoms with Crippen LogP contribution in [0.5, 0.6) is 0 Å². The monoisotopic (exact) mass is 1030 g/mol. The summed E-state index contributed by atoms with van der Waals surface area (Å²) in [5.41, 5.74) is 11.1. The van der Waals surface area contributed by atoms with Gasteiger partial charge in [0, 0.05) is 65.9 Å². The number of benzene rings is 3. The van der Waals surface area contributed by atoms with Gasteiger partial charge in [0.1, 0.15) is 23.0 Å². The van der Waals surface area contributed by atoms with E-state index < -0.39 is 21.7 Å². The van der Waals surface area contributed by atoms with E-state index in [2.05, 4.69) is 55.7 Å². The number of carbonyl (C=O) groups is 1. The first-order valence-electron chi connectivity index (χ1n) is 24.2. The van der Waals surface area contributed by atoms with E-state index in [9.17, 15) is 13.2 Å². The number of imidazole rings is 2. The molecule has 13 rings (SSSR count). The highest BCUT2D eigenvalue weighted by Crippen LogP contribution is 2.34. The van der Waals surface area contributed by atoms with Crippen LogP contribution >= 0.6 is 0 Å². The highest BCUT2D eigenvalue weighted by molar-refractivity contribution is 7.90. The van der Waals surface area contributed by atoms with Crippen LogP contribution in [-0.2, 0) is 40.7 Å². The number of carbonyl (C=O) groups excluding carboxylic acids is 1. The van der Waals surface area contributed by atoms with Gasteiger partial charge in [-0.2, -0.15) is 24.8 Å². The summed E-state index contributed by atoms with van der Waals surface area (Å²) < 4.78 is 46.8. The summed E-state index contributed by atoms with van der Waals surface area (Å²) in [5, 5.41) is 20.2. The number of aromatic amines is 2. The van der Waals surface area contributed by atoms with Crippen molar-refractivity contribution in [1.82, 2.24) is 58.8 Å². The third kappa shape index (κ3) is 8.89. The number of fused-ring (bicyclic) bond motifs is 6. The van der Waals surface area contributed by atoms with Gasteiger partial charge in [0.05, 0.1) is 76.3 Å². The predicted molar refractivity (Wildman–Crippen MR) is 281 cm³/mol. The normalized spacial score (nSPS) is 13.8. The fourth-order valence-corrected chi connectivity index (χ4v) is 10.7. The maximum Gasteiger partial charge on any atom is 0.435 e. The summed E-state index contributed by atoms with van der Waals surface area (Å²) in [5.74, 6) is 2.12. The Kier molecular flexibility index (Phi) is 11.3. The first-order valence-corrected chi connectivity index (χ1v) is 25.7. The minimum atomic E-state index is -3.86. The number of H-pyrrole nitrogens is 2. The lowest BCUT2D eigenvalue weighted by atomic mass is 10.1. The Labute approximate surface area is 428 Å². The summed E-state index contributed by atoms with van der Waals surface area (Å²) in [6.07, 6.45) is 7.12. The van der Waals surface area contributed by atoms with Crippen LogP contribution in [0.2, 0.25) is 0 Å². The Balaban J connectivity index is 0.000000168.